The molecule has 1 aromatic carbocycles. The second kappa shape index (κ2) is 7.57. The van der Waals surface area contributed by atoms with Gasteiger partial charge in [-0.25, -0.2) is 4.98 Å². The van der Waals surface area contributed by atoms with Gasteiger partial charge in [0.15, 0.2) is 5.82 Å². The maximum absolute atomic E-state index is 4.74. The zero-order valence-electron chi connectivity index (χ0n) is 14.3. The summed E-state index contributed by atoms with van der Waals surface area (Å²) in [5, 5.41) is 7.56. The highest BCUT2D eigenvalue weighted by molar-refractivity contribution is 5.53. The van der Waals surface area contributed by atoms with Crippen LogP contribution in [0.25, 0.3) is 11.4 Å². The Kier molecular flexibility index (Phi) is 4.84. The molecule has 1 aliphatic rings. The minimum absolute atomic E-state index is 0.438. The predicted molar refractivity (Wildman–Crippen MR) is 98.2 cm³/mol. The molecule has 3 heterocycles. The van der Waals surface area contributed by atoms with Crippen LogP contribution < -0.4 is 0 Å². The van der Waals surface area contributed by atoms with Crippen LogP contribution in [0.15, 0.2) is 54.9 Å². The van der Waals surface area contributed by atoms with Crippen molar-refractivity contribution in [1.82, 2.24) is 25.1 Å². The van der Waals surface area contributed by atoms with Gasteiger partial charge in [-0.3, -0.25) is 10.1 Å². The molecule has 1 aliphatic heterocycles. The highest BCUT2D eigenvalue weighted by Gasteiger charge is 2.24. The lowest BCUT2D eigenvalue weighted by Crippen LogP contribution is -2.36. The number of aromatic amines is 1. The first-order chi connectivity index (χ1) is 12.4. The lowest BCUT2D eigenvalue weighted by Gasteiger charge is -2.31. The van der Waals surface area contributed by atoms with Crippen molar-refractivity contribution < 1.29 is 0 Å². The number of aromatic nitrogens is 4. The van der Waals surface area contributed by atoms with Gasteiger partial charge in [0.05, 0.1) is 0 Å². The average molecular weight is 333 g/mol. The van der Waals surface area contributed by atoms with Crippen molar-refractivity contribution in [3.05, 3.63) is 66.2 Å². The molecule has 0 aliphatic carbocycles. The van der Waals surface area contributed by atoms with Gasteiger partial charge in [-0.1, -0.05) is 30.3 Å². The molecule has 5 heteroatoms. The molecule has 1 N–H and O–H groups in total. The van der Waals surface area contributed by atoms with Crippen LogP contribution in [0.2, 0.25) is 0 Å². The van der Waals surface area contributed by atoms with Gasteiger partial charge in [-0.2, -0.15) is 5.10 Å². The van der Waals surface area contributed by atoms with E-state index >= 15 is 0 Å². The number of hydrogen-bond acceptors (Lipinski definition) is 4. The average Bonchev–Trinajstić information content (AvgIpc) is 3.18. The number of pyridine rings is 1. The van der Waals surface area contributed by atoms with Gasteiger partial charge < -0.3 is 4.90 Å². The van der Waals surface area contributed by atoms with Crippen LogP contribution in [-0.2, 0) is 6.42 Å². The van der Waals surface area contributed by atoms with Crippen molar-refractivity contribution in [1.29, 1.82) is 0 Å². The first-order valence-corrected chi connectivity index (χ1v) is 8.97. The van der Waals surface area contributed by atoms with Crippen LogP contribution in [0.5, 0.6) is 0 Å². The van der Waals surface area contributed by atoms with Crippen LogP contribution in [0, 0.1) is 0 Å². The molecular weight excluding hydrogens is 310 g/mol. The van der Waals surface area contributed by atoms with Gasteiger partial charge in [0.1, 0.15) is 5.82 Å². The molecule has 0 saturated carbocycles. The van der Waals surface area contributed by atoms with E-state index in [2.05, 4.69) is 50.4 Å². The zero-order chi connectivity index (χ0) is 16.9. The Morgan fingerprint density at radius 1 is 1.08 bits per heavy atom. The van der Waals surface area contributed by atoms with Crippen molar-refractivity contribution in [2.45, 2.75) is 25.2 Å². The second-order valence-corrected chi connectivity index (χ2v) is 6.66. The molecule has 0 spiro atoms. The third-order valence-corrected chi connectivity index (χ3v) is 4.89. The minimum atomic E-state index is 0.438. The molecule has 4 rings (SSSR count). The van der Waals surface area contributed by atoms with Gasteiger partial charge in [0.25, 0.3) is 0 Å². The fourth-order valence-electron chi connectivity index (χ4n) is 3.50. The van der Waals surface area contributed by atoms with Crippen molar-refractivity contribution >= 4 is 0 Å². The highest BCUT2D eigenvalue weighted by atomic mass is 15.2. The van der Waals surface area contributed by atoms with E-state index < -0.39 is 0 Å². The molecule has 1 atom stereocenters. The Balaban J connectivity index is 1.39. The summed E-state index contributed by atoms with van der Waals surface area (Å²) in [6.07, 6.45) is 7.04. The lowest BCUT2D eigenvalue weighted by atomic mass is 9.97. The number of piperidine rings is 1. The highest BCUT2D eigenvalue weighted by Crippen LogP contribution is 2.26. The molecule has 1 saturated heterocycles. The molecule has 0 radical (unpaired) electrons. The molecule has 128 valence electrons. The summed E-state index contributed by atoms with van der Waals surface area (Å²) >= 11 is 0. The summed E-state index contributed by atoms with van der Waals surface area (Å²) in [7, 11) is 0. The molecule has 1 fully saturated rings. The molecule has 0 amide bonds. The van der Waals surface area contributed by atoms with E-state index in [0.29, 0.717) is 5.92 Å². The number of rotatable bonds is 5. The van der Waals surface area contributed by atoms with Gasteiger partial charge >= 0.3 is 0 Å². The number of likely N-dealkylation sites (tertiary alicyclic amines) is 1. The summed E-state index contributed by atoms with van der Waals surface area (Å²) in [6, 6.07) is 14.6. The van der Waals surface area contributed by atoms with Gasteiger partial charge in [-0.15, -0.1) is 0 Å². The van der Waals surface area contributed by atoms with Gasteiger partial charge in [-0.05, 0) is 43.5 Å². The SMILES string of the molecule is c1ccc(CCN2CCCC(c3nc(-c4ccncc4)n[nH]3)C2)cc1. The van der Waals surface area contributed by atoms with Crippen LogP contribution >= 0.6 is 0 Å². The Bertz CT molecular complexity index is 784. The lowest BCUT2D eigenvalue weighted by molar-refractivity contribution is 0.206. The largest absolute Gasteiger partial charge is 0.302 e. The standard InChI is InChI=1S/C20H23N5/c1-2-5-16(6-3-1)10-14-25-13-4-7-18(15-25)20-22-19(23-24-20)17-8-11-21-12-9-17/h1-3,5-6,8-9,11-12,18H,4,7,10,13-15H2,(H,22,23,24). The Labute approximate surface area is 148 Å². The quantitative estimate of drug-likeness (QED) is 0.778. The van der Waals surface area contributed by atoms with Crippen LogP contribution in [0.3, 0.4) is 0 Å². The Morgan fingerprint density at radius 3 is 2.76 bits per heavy atom. The third-order valence-electron chi connectivity index (χ3n) is 4.89. The summed E-state index contributed by atoms with van der Waals surface area (Å²) in [5.41, 5.74) is 2.42. The summed E-state index contributed by atoms with van der Waals surface area (Å²) in [6.45, 7) is 3.33. The topological polar surface area (TPSA) is 57.7 Å². The van der Waals surface area contributed by atoms with Crippen molar-refractivity contribution in [3.8, 4) is 11.4 Å². The van der Waals surface area contributed by atoms with E-state index in [4.69, 9.17) is 4.98 Å². The summed E-state index contributed by atoms with van der Waals surface area (Å²) < 4.78 is 0. The van der Waals surface area contributed by atoms with E-state index in [1.807, 2.05) is 12.1 Å². The Hall–Kier alpha value is -2.53. The maximum atomic E-state index is 4.74. The first-order valence-electron chi connectivity index (χ1n) is 8.97. The molecular formula is C20H23N5. The minimum Gasteiger partial charge on any atom is -0.302 e. The van der Waals surface area contributed by atoms with Crippen molar-refractivity contribution in [2.24, 2.45) is 0 Å². The van der Waals surface area contributed by atoms with E-state index in [0.717, 1.165) is 36.7 Å². The number of nitrogens with zero attached hydrogens (tertiary/aromatic N) is 4. The van der Waals surface area contributed by atoms with Gasteiger partial charge in [0, 0.05) is 37.0 Å². The number of benzene rings is 1. The smallest absolute Gasteiger partial charge is 0.181 e. The molecule has 3 aromatic rings. The first kappa shape index (κ1) is 16.0. The third kappa shape index (κ3) is 3.94. The maximum Gasteiger partial charge on any atom is 0.181 e. The van der Waals surface area contributed by atoms with Gasteiger partial charge in [0.2, 0.25) is 0 Å². The number of hydrogen-bond donors (Lipinski definition) is 1. The molecule has 25 heavy (non-hydrogen) atoms. The second-order valence-electron chi connectivity index (χ2n) is 6.66. The van der Waals surface area contributed by atoms with Crippen molar-refractivity contribution in [2.75, 3.05) is 19.6 Å². The summed E-state index contributed by atoms with van der Waals surface area (Å²) in [5.74, 6) is 2.21. The Morgan fingerprint density at radius 2 is 1.92 bits per heavy atom. The fourth-order valence-corrected chi connectivity index (χ4v) is 3.50. The molecule has 1 unspecified atom stereocenters. The monoisotopic (exact) mass is 333 g/mol. The number of H-pyrrole nitrogens is 1. The van der Waals surface area contributed by atoms with E-state index in [1.54, 1.807) is 12.4 Å². The number of nitrogens with one attached hydrogen (secondary N) is 1. The van der Waals surface area contributed by atoms with Crippen molar-refractivity contribution in [3.63, 3.8) is 0 Å². The van der Waals surface area contributed by atoms with Crippen LogP contribution in [0.4, 0.5) is 0 Å². The zero-order valence-corrected chi connectivity index (χ0v) is 14.3. The van der Waals surface area contributed by atoms with Crippen LogP contribution in [0.1, 0.15) is 30.1 Å². The summed E-state index contributed by atoms with van der Waals surface area (Å²) in [4.78, 5) is 11.3. The normalized spacial score (nSPS) is 18.3. The fraction of sp³-hybridized carbons (Fsp3) is 0.350. The van der Waals surface area contributed by atoms with E-state index in [-0.39, 0.29) is 0 Å². The molecule has 2 aromatic heterocycles. The van der Waals surface area contributed by atoms with E-state index in [1.165, 1.54) is 24.9 Å². The predicted octanol–water partition coefficient (Wildman–Crippen LogP) is 3.29. The van der Waals surface area contributed by atoms with E-state index in [9.17, 15) is 0 Å². The molecule has 0 bridgehead atoms. The molecule has 5 nitrogen and oxygen atoms in total. The van der Waals surface area contributed by atoms with Crippen LogP contribution in [-0.4, -0.2) is 44.7 Å².